The number of hydrogen-bond acceptors (Lipinski definition) is 4. The zero-order valence-electron chi connectivity index (χ0n) is 18.4. The summed E-state index contributed by atoms with van der Waals surface area (Å²) in [6.45, 7) is 0. The number of thiophene rings is 3. The number of pyridine rings is 2. The van der Waals surface area contributed by atoms with Crippen LogP contribution in [0.5, 0.6) is 0 Å². The highest BCUT2D eigenvalue weighted by atomic mass is 32.1. The first-order valence-electron chi connectivity index (χ1n) is 12.4. The molecule has 0 spiro atoms. The molecular weight excluding hydrogens is 499 g/mol. The number of hydrogen-bond donors (Lipinski definition) is 0. The predicted octanol–water partition coefficient (Wildman–Crippen LogP) is 9.25. The quantitative estimate of drug-likeness (QED) is 0.147. The molecule has 2 atom stereocenters. The third-order valence-electron chi connectivity index (χ3n) is 9.88. The number of rotatable bonds is 0. The topological polar surface area (TPSA) is 12.1 Å². The van der Waals surface area contributed by atoms with E-state index in [0.717, 1.165) is 0 Å². The molecule has 6 heteroatoms. The molecule has 36 heavy (non-hydrogen) atoms. The van der Waals surface area contributed by atoms with E-state index < -0.39 is 0 Å². The molecule has 3 aliphatic rings. The second-order valence-corrected chi connectivity index (χ2v) is 13.5. The summed E-state index contributed by atoms with van der Waals surface area (Å²) < 4.78 is 5.04. The molecule has 0 saturated carbocycles. The van der Waals surface area contributed by atoms with E-state index >= 15 is 0 Å². The largest absolute Gasteiger partial charge is 0.331 e. The van der Waals surface area contributed by atoms with E-state index in [9.17, 15) is 0 Å². The Morgan fingerprint density at radius 2 is 1.31 bits per heavy atom. The molecule has 13 rings (SSSR count). The van der Waals surface area contributed by atoms with Gasteiger partial charge in [0, 0.05) is 99.9 Å². The van der Waals surface area contributed by atoms with Crippen LogP contribution in [-0.4, -0.2) is 8.80 Å². The van der Waals surface area contributed by atoms with Crippen molar-refractivity contribution in [3.63, 3.8) is 0 Å². The van der Waals surface area contributed by atoms with E-state index in [-0.39, 0.29) is 0 Å². The molecule has 3 aromatic carbocycles. The number of nitrogens with zero attached hydrogens (tertiary/aromatic N) is 3. The first kappa shape index (κ1) is 16.2. The van der Waals surface area contributed by atoms with Crippen molar-refractivity contribution in [2.24, 2.45) is 0 Å². The lowest BCUT2D eigenvalue weighted by Gasteiger charge is -2.38. The van der Waals surface area contributed by atoms with Gasteiger partial charge < -0.3 is 13.7 Å². The molecule has 2 unspecified atom stereocenters. The van der Waals surface area contributed by atoms with Crippen LogP contribution < -0.4 is 4.90 Å². The Bertz CT molecular complexity index is 2540. The van der Waals surface area contributed by atoms with E-state index in [1.165, 1.54) is 85.1 Å². The van der Waals surface area contributed by atoms with Gasteiger partial charge in [0.15, 0.2) is 0 Å². The van der Waals surface area contributed by atoms with Gasteiger partial charge in [-0.1, -0.05) is 6.08 Å². The Hall–Kier alpha value is -3.58. The van der Waals surface area contributed by atoms with Crippen LogP contribution in [0.25, 0.3) is 85.3 Å². The molecule has 0 saturated heterocycles. The van der Waals surface area contributed by atoms with Gasteiger partial charge in [0.2, 0.25) is 0 Å². The van der Waals surface area contributed by atoms with Crippen LogP contribution in [0.2, 0.25) is 0 Å². The minimum atomic E-state index is 0.366. The maximum Gasteiger partial charge on any atom is 0.108 e. The van der Waals surface area contributed by atoms with Crippen molar-refractivity contribution in [1.82, 2.24) is 8.80 Å². The maximum absolute atomic E-state index is 2.62. The third-order valence-corrected chi connectivity index (χ3v) is 12.8. The Balaban J connectivity index is 1.60. The standard InChI is InChI=1S/C30H11N3S3/c1-4-31-25-10(1)13-7-34-29-16(13)19-22(25)20-17-14(8-35-28(17)31)11-3-6-33-27(11)24(20)21-18-15(9-36-30(18)33)12-2-5-32(29)26(12)23(19)21/h1-10,25H. The van der Waals surface area contributed by atoms with Crippen LogP contribution in [0.15, 0.2) is 52.9 Å². The van der Waals surface area contributed by atoms with Gasteiger partial charge in [0.25, 0.3) is 0 Å². The Morgan fingerprint density at radius 3 is 2.14 bits per heavy atom. The molecule has 3 nitrogen and oxygen atoms in total. The molecule has 0 radical (unpaired) electrons. The van der Waals surface area contributed by atoms with Crippen LogP contribution in [0.4, 0.5) is 5.00 Å². The van der Waals surface area contributed by atoms with Gasteiger partial charge in [0.05, 0.1) is 17.1 Å². The summed E-state index contributed by atoms with van der Waals surface area (Å²) >= 11 is 5.79. The van der Waals surface area contributed by atoms with Crippen LogP contribution in [0.1, 0.15) is 23.1 Å². The van der Waals surface area contributed by atoms with E-state index in [2.05, 4.69) is 66.6 Å². The summed E-state index contributed by atoms with van der Waals surface area (Å²) in [5, 5.41) is 26.5. The monoisotopic (exact) mass is 509 g/mol. The Morgan fingerprint density at radius 1 is 0.611 bits per heavy atom. The second kappa shape index (κ2) is 4.50. The highest BCUT2D eigenvalue weighted by Crippen LogP contribution is 2.65. The second-order valence-electron chi connectivity index (χ2n) is 10.9. The molecule has 10 aromatic rings. The van der Waals surface area contributed by atoms with Gasteiger partial charge in [-0.05, 0) is 28.6 Å². The highest BCUT2D eigenvalue weighted by molar-refractivity contribution is 7.18. The average molecular weight is 510 g/mol. The molecule has 0 fully saturated rings. The molecule has 1 aliphatic carbocycles. The van der Waals surface area contributed by atoms with Crippen molar-refractivity contribution in [3.05, 3.63) is 64.1 Å². The Labute approximate surface area is 213 Å². The van der Waals surface area contributed by atoms with Crippen LogP contribution in [0.3, 0.4) is 0 Å². The minimum absolute atomic E-state index is 0.366. The number of aromatic nitrogens is 2. The summed E-state index contributed by atoms with van der Waals surface area (Å²) in [6.07, 6.45) is 9.54. The molecule has 9 heterocycles. The summed E-state index contributed by atoms with van der Waals surface area (Å²) in [5.74, 6) is 0.418. The van der Waals surface area contributed by atoms with Crippen molar-refractivity contribution in [2.45, 2.75) is 12.0 Å². The van der Waals surface area contributed by atoms with Crippen molar-refractivity contribution in [2.75, 3.05) is 4.90 Å². The van der Waals surface area contributed by atoms with Crippen molar-refractivity contribution in [3.8, 4) is 0 Å². The van der Waals surface area contributed by atoms with Crippen LogP contribution in [0, 0.1) is 0 Å². The highest BCUT2D eigenvalue weighted by Gasteiger charge is 2.46. The first-order valence-corrected chi connectivity index (χ1v) is 15.0. The molecular formula is C30H11N3S3. The number of benzene rings is 3. The van der Waals surface area contributed by atoms with E-state index in [1.807, 2.05) is 34.0 Å². The lowest BCUT2D eigenvalue weighted by molar-refractivity contribution is 0.671. The van der Waals surface area contributed by atoms with E-state index in [4.69, 9.17) is 0 Å². The maximum atomic E-state index is 2.62. The van der Waals surface area contributed by atoms with E-state index in [1.54, 1.807) is 16.3 Å². The molecule has 164 valence electrons. The number of anilines is 1. The lowest BCUT2D eigenvalue weighted by atomic mass is 9.74. The SMILES string of the molecule is C1=CN2c3scc4c5ccn6c7scc8c9ccn%10c%11scc%12c%11c%11c(c(c34)c(c(c87)c%11c9%10)c56)C2C1%12. The van der Waals surface area contributed by atoms with Gasteiger partial charge in [-0.2, -0.15) is 0 Å². The summed E-state index contributed by atoms with van der Waals surface area (Å²) in [6, 6.07) is 5.12. The van der Waals surface area contributed by atoms with Gasteiger partial charge in [0.1, 0.15) is 14.7 Å². The molecule has 7 aromatic heterocycles. The fraction of sp³-hybridized carbons (Fsp3) is 0.0667. The van der Waals surface area contributed by atoms with Crippen molar-refractivity contribution < 1.29 is 0 Å². The van der Waals surface area contributed by atoms with Crippen molar-refractivity contribution >= 4 is 124 Å². The summed E-state index contributed by atoms with van der Waals surface area (Å²) in [4.78, 5) is 5.43. The van der Waals surface area contributed by atoms with Gasteiger partial charge in [-0.25, -0.2) is 0 Å². The van der Waals surface area contributed by atoms with E-state index in [0.29, 0.717) is 12.0 Å². The minimum Gasteiger partial charge on any atom is -0.331 e. The zero-order valence-corrected chi connectivity index (χ0v) is 20.9. The van der Waals surface area contributed by atoms with Gasteiger partial charge in [-0.15, -0.1) is 34.0 Å². The molecule has 2 aliphatic heterocycles. The fourth-order valence-electron chi connectivity index (χ4n) is 8.78. The Kier molecular flexibility index (Phi) is 2.03. The molecule has 0 N–H and O–H groups in total. The predicted molar refractivity (Wildman–Crippen MR) is 155 cm³/mol. The lowest BCUT2D eigenvalue weighted by Crippen LogP contribution is -2.27. The fourth-order valence-corrected chi connectivity index (χ4v) is 12.1. The number of fused-ring (bicyclic) bond motifs is 6. The molecule has 0 bridgehead atoms. The van der Waals surface area contributed by atoms with Crippen molar-refractivity contribution in [1.29, 1.82) is 0 Å². The van der Waals surface area contributed by atoms with Gasteiger partial charge >= 0.3 is 0 Å². The normalized spacial score (nSPS) is 20.6. The summed E-state index contributed by atoms with van der Waals surface area (Å²) in [7, 11) is 0. The van der Waals surface area contributed by atoms with Crippen LogP contribution in [-0.2, 0) is 0 Å². The van der Waals surface area contributed by atoms with Crippen LogP contribution >= 0.6 is 34.0 Å². The first-order chi connectivity index (χ1) is 17.9. The summed E-state index contributed by atoms with van der Waals surface area (Å²) in [5.41, 5.74) is 5.98. The molecule has 0 amide bonds. The average Bonchev–Trinajstić information content (AvgIpc) is 3.70. The zero-order chi connectivity index (χ0) is 22.3. The third kappa shape index (κ3) is 1.23. The van der Waals surface area contributed by atoms with Gasteiger partial charge in [-0.3, -0.25) is 0 Å². The smallest absolute Gasteiger partial charge is 0.108 e.